The molecular formula is C19H24N2O4S2. The van der Waals surface area contributed by atoms with Crippen LogP contribution in [0.2, 0.25) is 0 Å². The zero-order valence-electron chi connectivity index (χ0n) is 15.3. The molecule has 6 nitrogen and oxygen atoms in total. The number of hydrogen-bond acceptors (Lipinski definition) is 5. The predicted octanol–water partition coefficient (Wildman–Crippen LogP) is 2.52. The quantitative estimate of drug-likeness (QED) is 0.466. The first kappa shape index (κ1) is 21.4. The Kier molecular flexibility index (Phi) is 8.30. The van der Waals surface area contributed by atoms with Gasteiger partial charge in [0, 0.05) is 35.9 Å². The number of methoxy groups -OCH3 is 1. The molecule has 0 aliphatic carbocycles. The lowest BCUT2D eigenvalue weighted by molar-refractivity contribution is 0.0956. The van der Waals surface area contributed by atoms with E-state index in [1.165, 1.54) is 31.4 Å². The highest BCUT2D eigenvalue weighted by molar-refractivity contribution is 7.99. The van der Waals surface area contributed by atoms with Crippen LogP contribution in [0.15, 0.2) is 64.4 Å². The number of nitrogens with one attached hydrogen (secondary N) is 2. The molecule has 1 atom stereocenters. The van der Waals surface area contributed by atoms with Crippen molar-refractivity contribution in [3.63, 3.8) is 0 Å². The van der Waals surface area contributed by atoms with Gasteiger partial charge in [0.25, 0.3) is 5.91 Å². The summed E-state index contributed by atoms with van der Waals surface area (Å²) in [6.45, 7) is 2.52. The molecule has 8 heteroatoms. The van der Waals surface area contributed by atoms with Gasteiger partial charge in [0.15, 0.2) is 0 Å². The Morgan fingerprint density at radius 1 is 1.11 bits per heavy atom. The van der Waals surface area contributed by atoms with Gasteiger partial charge >= 0.3 is 0 Å². The zero-order valence-corrected chi connectivity index (χ0v) is 17.0. The number of ether oxygens (including phenoxy) is 1. The summed E-state index contributed by atoms with van der Waals surface area (Å²) < 4.78 is 32.0. The van der Waals surface area contributed by atoms with Crippen molar-refractivity contribution in [1.82, 2.24) is 10.0 Å². The molecule has 0 aliphatic heterocycles. The van der Waals surface area contributed by atoms with E-state index in [1.807, 2.05) is 30.3 Å². The van der Waals surface area contributed by atoms with Crippen molar-refractivity contribution in [3.8, 4) is 0 Å². The summed E-state index contributed by atoms with van der Waals surface area (Å²) >= 11 is 1.66. The van der Waals surface area contributed by atoms with E-state index in [-0.39, 0.29) is 23.5 Å². The Labute approximate surface area is 164 Å². The third-order valence-electron chi connectivity index (χ3n) is 3.60. The van der Waals surface area contributed by atoms with E-state index < -0.39 is 10.0 Å². The van der Waals surface area contributed by atoms with Crippen molar-refractivity contribution in [1.29, 1.82) is 0 Å². The first-order chi connectivity index (χ1) is 12.9. The van der Waals surface area contributed by atoms with Crippen molar-refractivity contribution >= 4 is 27.7 Å². The first-order valence-corrected chi connectivity index (χ1v) is 11.0. The average Bonchev–Trinajstić information content (AvgIpc) is 2.66. The first-order valence-electron chi connectivity index (χ1n) is 8.50. The Morgan fingerprint density at radius 3 is 2.41 bits per heavy atom. The molecule has 2 aromatic carbocycles. The van der Waals surface area contributed by atoms with Gasteiger partial charge in [0.05, 0.1) is 11.5 Å². The Balaban J connectivity index is 1.85. The fourth-order valence-corrected chi connectivity index (χ4v) is 4.37. The molecule has 0 fully saturated rings. The predicted molar refractivity (Wildman–Crippen MR) is 108 cm³/mol. The summed E-state index contributed by atoms with van der Waals surface area (Å²) in [6.07, 6.45) is 0. The fourth-order valence-electron chi connectivity index (χ4n) is 2.35. The molecule has 27 heavy (non-hydrogen) atoms. The van der Waals surface area contributed by atoms with Crippen molar-refractivity contribution in [2.75, 3.05) is 26.0 Å². The molecule has 146 valence electrons. The van der Waals surface area contributed by atoms with Crippen LogP contribution >= 0.6 is 11.8 Å². The molecule has 0 spiro atoms. The summed E-state index contributed by atoms with van der Waals surface area (Å²) in [7, 11) is -2.13. The average molecular weight is 409 g/mol. The standard InChI is InChI=1S/C19H24N2O4S2/c1-15(14-25-2)21-27(23,24)18-10-8-16(9-11-18)19(22)20-12-13-26-17-6-4-3-5-7-17/h3-11,15,21H,12-14H2,1-2H3,(H,20,22)/t15-/m0/s1. The maximum atomic E-state index is 12.3. The smallest absolute Gasteiger partial charge is 0.251 e. The molecule has 0 radical (unpaired) electrons. The SMILES string of the molecule is COC[C@H](C)NS(=O)(=O)c1ccc(C(=O)NCCSc2ccccc2)cc1. The summed E-state index contributed by atoms with van der Waals surface area (Å²) in [5, 5.41) is 2.83. The van der Waals surface area contributed by atoms with Crippen molar-refractivity contribution in [3.05, 3.63) is 60.2 Å². The number of thioether (sulfide) groups is 1. The minimum Gasteiger partial charge on any atom is -0.383 e. The molecule has 2 N–H and O–H groups in total. The molecular weight excluding hydrogens is 384 g/mol. The number of carbonyl (C=O) groups excluding carboxylic acids is 1. The van der Waals surface area contributed by atoms with Gasteiger partial charge < -0.3 is 10.1 Å². The van der Waals surface area contributed by atoms with Crippen LogP contribution in [0.3, 0.4) is 0 Å². The van der Waals surface area contributed by atoms with Gasteiger partial charge in [-0.15, -0.1) is 11.8 Å². The number of rotatable bonds is 10. The number of carbonyl (C=O) groups is 1. The molecule has 2 aromatic rings. The molecule has 0 aromatic heterocycles. The molecule has 1 amide bonds. The summed E-state index contributed by atoms with van der Waals surface area (Å²) in [6, 6.07) is 15.5. The van der Waals surface area contributed by atoms with E-state index >= 15 is 0 Å². The van der Waals surface area contributed by atoms with Crippen LogP contribution in [0.1, 0.15) is 17.3 Å². The highest BCUT2D eigenvalue weighted by atomic mass is 32.2. The number of amides is 1. The Hall–Kier alpha value is -1.87. The lowest BCUT2D eigenvalue weighted by atomic mass is 10.2. The minimum atomic E-state index is -3.64. The second kappa shape index (κ2) is 10.5. The van der Waals surface area contributed by atoms with Gasteiger partial charge in [-0.1, -0.05) is 18.2 Å². The minimum absolute atomic E-state index is 0.113. The fraction of sp³-hybridized carbons (Fsp3) is 0.316. The van der Waals surface area contributed by atoms with Gasteiger partial charge in [-0.25, -0.2) is 13.1 Å². The maximum absolute atomic E-state index is 12.3. The van der Waals surface area contributed by atoms with Crippen molar-refractivity contribution in [2.45, 2.75) is 22.8 Å². The van der Waals surface area contributed by atoms with Crippen LogP contribution < -0.4 is 10.0 Å². The second-order valence-electron chi connectivity index (χ2n) is 5.92. The molecule has 0 bridgehead atoms. The van der Waals surface area contributed by atoms with Crippen molar-refractivity contribution in [2.24, 2.45) is 0 Å². The Bertz CT molecular complexity index is 825. The van der Waals surface area contributed by atoms with E-state index in [0.717, 1.165) is 10.6 Å². The van der Waals surface area contributed by atoms with Crippen LogP contribution in [0.25, 0.3) is 0 Å². The van der Waals surface area contributed by atoms with Gasteiger partial charge in [-0.2, -0.15) is 0 Å². The lowest BCUT2D eigenvalue weighted by Gasteiger charge is -2.13. The molecule has 0 saturated carbocycles. The zero-order chi connectivity index (χ0) is 19.7. The van der Waals surface area contributed by atoms with Crippen LogP contribution in [0, 0.1) is 0 Å². The van der Waals surface area contributed by atoms with Gasteiger partial charge in [0.1, 0.15) is 0 Å². The highest BCUT2D eigenvalue weighted by Crippen LogP contribution is 2.16. The topological polar surface area (TPSA) is 84.5 Å². The van der Waals surface area contributed by atoms with Crippen LogP contribution in [0.4, 0.5) is 0 Å². The monoisotopic (exact) mass is 408 g/mol. The Morgan fingerprint density at radius 2 is 1.78 bits per heavy atom. The molecule has 0 aliphatic rings. The van der Waals surface area contributed by atoms with Crippen LogP contribution in [-0.4, -0.2) is 46.4 Å². The van der Waals surface area contributed by atoms with E-state index in [1.54, 1.807) is 18.7 Å². The third kappa shape index (κ3) is 6.99. The largest absolute Gasteiger partial charge is 0.383 e. The second-order valence-corrected chi connectivity index (χ2v) is 8.80. The molecule has 0 saturated heterocycles. The summed E-state index contributed by atoms with van der Waals surface area (Å²) in [5.41, 5.74) is 0.420. The number of benzene rings is 2. The van der Waals surface area contributed by atoms with E-state index in [0.29, 0.717) is 12.1 Å². The van der Waals surface area contributed by atoms with Gasteiger partial charge in [0.2, 0.25) is 10.0 Å². The lowest BCUT2D eigenvalue weighted by Crippen LogP contribution is -2.35. The summed E-state index contributed by atoms with van der Waals surface area (Å²) in [4.78, 5) is 13.4. The molecule has 0 unspecified atom stereocenters. The molecule has 2 rings (SSSR count). The third-order valence-corrected chi connectivity index (χ3v) is 6.22. The van der Waals surface area contributed by atoms with E-state index in [2.05, 4.69) is 10.0 Å². The maximum Gasteiger partial charge on any atom is 0.251 e. The van der Waals surface area contributed by atoms with E-state index in [9.17, 15) is 13.2 Å². The number of sulfonamides is 1. The summed E-state index contributed by atoms with van der Waals surface area (Å²) in [5.74, 6) is 0.525. The molecule has 0 heterocycles. The van der Waals surface area contributed by atoms with Crippen molar-refractivity contribution < 1.29 is 17.9 Å². The van der Waals surface area contributed by atoms with Gasteiger partial charge in [-0.05, 0) is 43.3 Å². The highest BCUT2D eigenvalue weighted by Gasteiger charge is 2.17. The van der Waals surface area contributed by atoms with Gasteiger partial charge in [-0.3, -0.25) is 4.79 Å². The number of hydrogen-bond donors (Lipinski definition) is 2. The van der Waals surface area contributed by atoms with Crippen LogP contribution in [-0.2, 0) is 14.8 Å². The normalized spacial score (nSPS) is 12.5. The van der Waals surface area contributed by atoms with E-state index in [4.69, 9.17) is 4.74 Å². The van der Waals surface area contributed by atoms with Crippen LogP contribution in [0.5, 0.6) is 0 Å².